The van der Waals surface area contributed by atoms with Gasteiger partial charge in [-0.05, 0) is 54.0 Å². The smallest absolute Gasteiger partial charge is 0.145 e. The largest absolute Gasteiger partial charge is 0.469 e. The van der Waals surface area contributed by atoms with Crippen molar-refractivity contribution in [1.29, 1.82) is 0 Å². The lowest BCUT2D eigenvalue weighted by atomic mass is 9.98. The van der Waals surface area contributed by atoms with Gasteiger partial charge in [0.15, 0.2) is 0 Å². The van der Waals surface area contributed by atoms with Crippen molar-refractivity contribution in [3.8, 4) is 0 Å². The molecule has 20 heavy (non-hydrogen) atoms. The molecule has 0 aliphatic heterocycles. The topological polar surface area (TPSA) is 25.2 Å². The van der Waals surface area contributed by atoms with Crippen LogP contribution in [-0.2, 0) is 0 Å². The molecular formula is C15H16BrF2NO. The highest BCUT2D eigenvalue weighted by molar-refractivity contribution is 9.10. The van der Waals surface area contributed by atoms with Gasteiger partial charge in [0, 0.05) is 11.1 Å². The molecule has 1 aromatic heterocycles. The molecule has 1 heterocycles. The molecule has 0 bridgehead atoms. The summed E-state index contributed by atoms with van der Waals surface area (Å²) >= 11 is 3.11. The van der Waals surface area contributed by atoms with Gasteiger partial charge in [-0.2, -0.15) is 0 Å². The molecule has 1 atom stereocenters. The van der Waals surface area contributed by atoms with E-state index in [-0.39, 0.29) is 10.0 Å². The standard InChI is InChI=1S/C15H16BrF2NO/c1-3-7-19-15(10-6-8-20-9(10)2)13-12(17)5-4-11(16)14(13)18/h4-6,8,15,19H,3,7H2,1-2H3. The molecule has 0 fully saturated rings. The van der Waals surface area contributed by atoms with Crippen molar-refractivity contribution in [3.63, 3.8) is 0 Å². The van der Waals surface area contributed by atoms with E-state index >= 15 is 0 Å². The van der Waals surface area contributed by atoms with Gasteiger partial charge in [-0.25, -0.2) is 8.78 Å². The quantitative estimate of drug-likeness (QED) is 0.794. The van der Waals surface area contributed by atoms with Crippen molar-refractivity contribution in [2.75, 3.05) is 6.54 Å². The van der Waals surface area contributed by atoms with E-state index in [1.165, 1.54) is 18.4 Å². The molecule has 108 valence electrons. The lowest BCUT2D eigenvalue weighted by Crippen LogP contribution is -2.25. The van der Waals surface area contributed by atoms with Crippen molar-refractivity contribution in [3.05, 3.63) is 57.5 Å². The fourth-order valence-corrected chi connectivity index (χ4v) is 2.50. The van der Waals surface area contributed by atoms with Crippen molar-refractivity contribution < 1.29 is 13.2 Å². The van der Waals surface area contributed by atoms with Crippen LogP contribution in [0.5, 0.6) is 0 Å². The molecule has 0 amide bonds. The highest BCUT2D eigenvalue weighted by atomic mass is 79.9. The second-order valence-electron chi connectivity index (χ2n) is 4.58. The van der Waals surface area contributed by atoms with Crippen molar-refractivity contribution >= 4 is 15.9 Å². The fraction of sp³-hybridized carbons (Fsp3) is 0.333. The summed E-state index contributed by atoms with van der Waals surface area (Å²) in [5.74, 6) is -0.503. The van der Waals surface area contributed by atoms with E-state index in [9.17, 15) is 8.78 Å². The number of hydrogen-bond donors (Lipinski definition) is 1. The summed E-state index contributed by atoms with van der Waals surface area (Å²) in [5, 5.41) is 3.18. The molecule has 1 aromatic carbocycles. The molecular weight excluding hydrogens is 328 g/mol. The Hall–Kier alpha value is -1.20. The lowest BCUT2D eigenvalue weighted by Gasteiger charge is -2.20. The molecule has 0 saturated carbocycles. The van der Waals surface area contributed by atoms with Gasteiger partial charge in [0.25, 0.3) is 0 Å². The molecule has 1 unspecified atom stereocenters. The second-order valence-corrected chi connectivity index (χ2v) is 5.43. The lowest BCUT2D eigenvalue weighted by molar-refractivity contribution is 0.486. The van der Waals surface area contributed by atoms with Gasteiger partial charge in [0.2, 0.25) is 0 Å². The summed E-state index contributed by atoms with van der Waals surface area (Å²) in [6.07, 6.45) is 2.39. The molecule has 0 aliphatic carbocycles. The summed E-state index contributed by atoms with van der Waals surface area (Å²) in [6.45, 7) is 4.43. The molecule has 0 spiro atoms. The van der Waals surface area contributed by atoms with E-state index in [1.807, 2.05) is 6.92 Å². The Balaban J connectivity index is 2.52. The first kappa shape index (κ1) is 15.2. The number of rotatable bonds is 5. The minimum atomic E-state index is -0.584. The maximum absolute atomic E-state index is 14.3. The number of aryl methyl sites for hydroxylation is 1. The van der Waals surface area contributed by atoms with Crippen LogP contribution in [0.4, 0.5) is 8.78 Å². The van der Waals surface area contributed by atoms with E-state index < -0.39 is 17.7 Å². The third-order valence-corrected chi connectivity index (χ3v) is 3.79. The van der Waals surface area contributed by atoms with Crippen LogP contribution in [0.1, 0.15) is 36.3 Å². The first-order valence-electron chi connectivity index (χ1n) is 6.47. The van der Waals surface area contributed by atoms with Crippen LogP contribution in [0.2, 0.25) is 0 Å². The predicted octanol–water partition coefficient (Wildman–Crippen LogP) is 4.72. The van der Waals surface area contributed by atoms with Gasteiger partial charge in [-0.15, -0.1) is 0 Å². The van der Waals surface area contributed by atoms with E-state index in [0.29, 0.717) is 12.3 Å². The van der Waals surface area contributed by atoms with E-state index in [4.69, 9.17) is 4.42 Å². The Bertz CT molecular complexity index is 598. The van der Waals surface area contributed by atoms with Gasteiger partial charge < -0.3 is 9.73 Å². The van der Waals surface area contributed by atoms with Crippen molar-refractivity contribution in [2.24, 2.45) is 0 Å². The molecule has 0 saturated heterocycles. The van der Waals surface area contributed by atoms with Gasteiger partial charge in [-0.1, -0.05) is 6.92 Å². The number of halogens is 3. The molecule has 0 aliphatic rings. The van der Waals surface area contributed by atoms with Crippen molar-refractivity contribution in [2.45, 2.75) is 26.3 Å². The third-order valence-electron chi connectivity index (χ3n) is 3.18. The van der Waals surface area contributed by atoms with Gasteiger partial charge in [0.1, 0.15) is 17.4 Å². The summed E-state index contributed by atoms with van der Waals surface area (Å²) in [7, 11) is 0. The minimum absolute atomic E-state index is 0.0114. The van der Waals surface area contributed by atoms with Crippen LogP contribution in [-0.4, -0.2) is 6.54 Å². The Labute approximate surface area is 125 Å². The summed E-state index contributed by atoms with van der Waals surface area (Å²) < 4.78 is 33.9. The molecule has 2 aromatic rings. The normalized spacial score (nSPS) is 12.7. The van der Waals surface area contributed by atoms with Crippen LogP contribution in [0.3, 0.4) is 0 Å². The average molecular weight is 344 g/mol. The monoisotopic (exact) mass is 343 g/mol. The maximum atomic E-state index is 14.3. The zero-order valence-electron chi connectivity index (χ0n) is 11.3. The number of furan rings is 1. The van der Waals surface area contributed by atoms with Crippen LogP contribution in [0, 0.1) is 18.6 Å². The summed E-state index contributed by atoms with van der Waals surface area (Å²) in [4.78, 5) is 0. The minimum Gasteiger partial charge on any atom is -0.469 e. The molecule has 0 radical (unpaired) electrons. The Morgan fingerprint density at radius 2 is 2.05 bits per heavy atom. The highest BCUT2D eigenvalue weighted by Gasteiger charge is 2.25. The van der Waals surface area contributed by atoms with Crippen LogP contribution < -0.4 is 5.32 Å². The van der Waals surface area contributed by atoms with Crippen molar-refractivity contribution in [1.82, 2.24) is 5.32 Å². The third kappa shape index (κ3) is 2.94. The first-order valence-corrected chi connectivity index (χ1v) is 7.26. The molecule has 1 N–H and O–H groups in total. The van der Waals surface area contributed by atoms with Crippen LogP contribution in [0.25, 0.3) is 0 Å². The first-order chi connectivity index (χ1) is 9.56. The molecule has 5 heteroatoms. The van der Waals surface area contributed by atoms with Crippen LogP contribution >= 0.6 is 15.9 Å². The number of benzene rings is 1. The SMILES string of the molecule is CCCNC(c1ccoc1C)c1c(F)ccc(Br)c1F. The second kappa shape index (κ2) is 6.50. The Kier molecular flexibility index (Phi) is 4.94. The van der Waals surface area contributed by atoms with Gasteiger partial charge >= 0.3 is 0 Å². The zero-order chi connectivity index (χ0) is 14.7. The zero-order valence-corrected chi connectivity index (χ0v) is 12.9. The van der Waals surface area contributed by atoms with E-state index in [2.05, 4.69) is 21.2 Å². The fourth-order valence-electron chi connectivity index (χ4n) is 2.16. The summed E-state index contributed by atoms with van der Waals surface area (Å²) in [5.41, 5.74) is 0.756. The van der Waals surface area contributed by atoms with Gasteiger partial charge in [-0.3, -0.25) is 0 Å². The highest BCUT2D eigenvalue weighted by Crippen LogP contribution is 2.32. The average Bonchev–Trinajstić information content (AvgIpc) is 2.84. The maximum Gasteiger partial charge on any atom is 0.145 e. The predicted molar refractivity (Wildman–Crippen MR) is 77.6 cm³/mol. The molecule has 2 rings (SSSR count). The Morgan fingerprint density at radius 3 is 2.65 bits per heavy atom. The van der Waals surface area contributed by atoms with Gasteiger partial charge in [0.05, 0.1) is 16.8 Å². The van der Waals surface area contributed by atoms with Crippen LogP contribution in [0.15, 0.2) is 33.4 Å². The van der Waals surface area contributed by atoms with E-state index in [0.717, 1.165) is 12.0 Å². The summed E-state index contributed by atoms with van der Waals surface area (Å²) in [6, 6.07) is 3.81. The Morgan fingerprint density at radius 1 is 1.30 bits per heavy atom. The van der Waals surface area contributed by atoms with E-state index in [1.54, 1.807) is 13.0 Å². The number of nitrogens with one attached hydrogen (secondary N) is 1. The molecule has 2 nitrogen and oxygen atoms in total. The number of hydrogen-bond acceptors (Lipinski definition) is 2.